The van der Waals surface area contributed by atoms with Crippen LogP contribution in [0.5, 0.6) is 0 Å². The maximum absolute atomic E-state index is 13.3. The van der Waals surface area contributed by atoms with E-state index in [9.17, 15) is 23.1 Å². The summed E-state index contributed by atoms with van der Waals surface area (Å²) in [5.41, 5.74) is -0.650. The molecule has 3 rings (SSSR count). The number of likely N-dealkylation sites (tertiary alicyclic amines) is 1. The number of rotatable bonds is 2. The Labute approximate surface area is 140 Å². The Morgan fingerprint density at radius 3 is 2.67 bits per heavy atom. The Morgan fingerprint density at radius 2 is 2.04 bits per heavy atom. The van der Waals surface area contributed by atoms with Crippen LogP contribution >= 0.6 is 11.6 Å². The van der Waals surface area contributed by atoms with E-state index in [4.69, 9.17) is 11.6 Å². The Balaban J connectivity index is 1.99. The minimum atomic E-state index is -4.53. The van der Waals surface area contributed by atoms with Crippen molar-refractivity contribution in [3.8, 4) is 0 Å². The summed E-state index contributed by atoms with van der Waals surface area (Å²) in [6.45, 7) is -0.0354. The number of H-pyrrole nitrogens is 1. The van der Waals surface area contributed by atoms with Gasteiger partial charge in [0.05, 0.1) is 22.7 Å². The smallest absolute Gasteiger partial charge is 0.391 e. The lowest BCUT2D eigenvalue weighted by atomic mass is 9.97. The molecular weight excluding hydrogens is 345 g/mol. The largest absolute Gasteiger partial charge is 0.416 e. The molecule has 1 aliphatic rings. The minimum absolute atomic E-state index is 0.0208. The van der Waals surface area contributed by atoms with E-state index >= 15 is 0 Å². The highest BCUT2D eigenvalue weighted by Crippen LogP contribution is 2.40. The van der Waals surface area contributed by atoms with Crippen LogP contribution in [0.2, 0.25) is 5.02 Å². The van der Waals surface area contributed by atoms with E-state index in [0.717, 1.165) is 6.07 Å². The lowest BCUT2D eigenvalue weighted by molar-refractivity contribution is -0.138. The zero-order chi connectivity index (χ0) is 17.5. The van der Waals surface area contributed by atoms with Gasteiger partial charge in [0.2, 0.25) is 0 Å². The normalized spacial score (nSPS) is 21.3. The first-order valence-corrected chi connectivity index (χ1v) is 7.64. The Morgan fingerprint density at radius 1 is 1.33 bits per heavy atom. The summed E-state index contributed by atoms with van der Waals surface area (Å²) in [5, 5.41) is 10.2. The average Bonchev–Trinajstić information content (AvgIpc) is 3.12. The first-order valence-electron chi connectivity index (χ1n) is 7.26. The summed E-state index contributed by atoms with van der Waals surface area (Å²) in [7, 11) is 0. The number of amides is 1. The molecule has 128 valence electrons. The number of alkyl halides is 3. The molecule has 1 saturated heterocycles. The summed E-state index contributed by atoms with van der Waals surface area (Å²) in [6.07, 6.45) is -3.95. The van der Waals surface area contributed by atoms with E-state index in [1.54, 1.807) is 0 Å². The average molecular weight is 359 g/mol. The van der Waals surface area contributed by atoms with Crippen molar-refractivity contribution in [3.63, 3.8) is 0 Å². The molecule has 0 unspecified atom stereocenters. The molecule has 1 amide bonds. The number of aromatic nitrogens is 1. The predicted octanol–water partition coefficient (Wildman–Crippen LogP) is 3.64. The van der Waals surface area contributed by atoms with Crippen LogP contribution in [-0.4, -0.2) is 33.5 Å². The number of hydrogen-bond acceptors (Lipinski definition) is 2. The van der Waals surface area contributed by atoms with E-state index in [0.29, 0.717) is 5.02 Å². The van der Waals surface area contributed by atoms with Crippen LogP contribution in [0.15, 0.2) is 36.5 Å². The summed E-state index contributed by atoms with van der Waals surface area (Å²) in [5.74, 6) is -0.500. The molecule has 1 aromatic carbocycles. The van der Waals surface area contributed by atoms with Crippen LogP contribution in [0.3, 0.4) is 0 Å². The molecule has 1 aromatic heterocycles. The summed E-state index contributed by atoms with van der Waals surface area (Å²) in [6, 6.07) is 5.66. The number of nitrogens with one attached hydrogen (secondary N) is 1. The summed E-state index contributed by atoms with van der Waals surface area (Å²) < 4.78 is 39.8. The van der Waals surface area contributed by atoms with Crippen LogP contribution in [0, 0.1) is 0 Å². The number of benzene rings is 1. The molecule has 0 spiro atoms. The number of aliphatic hydroxyl groups excluding tert-OH is 1. The van der Waals surface area contributed by atoms with Gasteiger partial charge in [0.25, 0.3) is 5.91 Å². The molecule has 24 heavy (non-hydrogen) atoms. The Bertz CT molecular complexity index is 760. The first-order chi connectivity index (χ1) is 11.3. The fourth-order valence-electron chi connectivity index (χ4n) is 3.02. The monoisotopic (exact) mass is 358 g/mol. The molecule has 8 heteroatoms. The SMILES string of the molecule is O=C(c1cc(Cl)c[nH]1)N1C[C@@H](O)C[C@@H]1c1ccccc1C(F)(F)F. The van der Waals surface area contributed by atoms with Crippen molar-refractivity contribution >= 4 is 17.5 Å². The molecular formula is C16H14ClF3N2O2. The quantitative estimate of drug-likeness (QED) is 0.861. The van der Waals surface area contributed by atoms with Crippen LogP contribution < -0.4 is 0 Å². The van der Waals surface area contributed by atoms with Crippen molar-refractivity contribution in [1.82, 2.24) is 9.88 Å². The highest BCUT2D eigenvalue weighted by Gasteiger charge is 2.41. The van der Waals surface area contributed by atoms with Gasteiger partial charge in [-0.15, -0.1) is 0 Å². The molecule has 0 aliphatic carbocycles. The van der Waals surface area contributed by atoms with Crippen LogP contribution in [0.1, 0.15) is 34.1 Å². The number of carbonyl (C=O) groups is 1. The van der Waals surface area contributed by atoms with Gasteiger partial charge in [-0.25, -0.2) is 0 Å². The van der Waals surface area contributed by atoms with E-state index in [1.807, 2.05) is 0 Å². The van der Waals surface area contributed by atoms with Gasteiger partial charge in [0.15, 0.2) is 0 Å². The lowest BCUT2D eigenvalue weighted by Crippen LogP contribution is -2.32. The van der Waals surface area contributed by atoms with Crippen LogP contribution in [-0.2, 0) is 6.18 Å². The van der Waals surface area contributed by atoms with Gasteiger partial charge in [-0.05, 0) is 24.1 Å². The van der Waals surface area contributed by atoms with E-state index in [-0.39, 0.29) is 24.2 Å². The third-order valence-electron chi connectivity index (χ3n) is 4.04. The molecule has 0 radical (unpaired) electrons. The second kappa shape index (κ2) is 6.14. The van der Waals surface area contributed by atoms with Gasteiger partial charge >= 0.3 is 6.18 Å². The highest BCUT2D eigenvalue weighted by atomic mass is 35.5. The topological polar surface area (TPSA) is 56.3 Å². The van der Waals surface area contributed by atoms with Gasteiger partial charge < -0.3 is 15.0 Å². The van der Waals surface area contributed by atoms with Crippen molar-refractivity contribution in [2.45, 2.75) is 24.7 Å². The molecule has 1 fully saturated rings. The zero-order valence-electron chi connectivity index (χ0n) is 12.3. The molecule has 0 bridgehead atoms. The summed E-state index contributed by atoms with van der Waals surface area (Å²) in [4.78, 5) is 16.5. The number of carbonyl (C=O) groups excluding carboxylic acids is 1. The maximum Gasteiger partial charge on any atom is 0.416 e. The number of nitrogens with zero attached hydrogens (tertiary/aromatic N) is 1. The van der Waals surface area contributed by atoms with Gasteiger partial charge in [-0.1, -0.05) is 29.8 Å². The molecule has 0 saturated carbocycles. The van der Waals surface area contributed by atoms with E-state index in [2.05, 4.69) is 4.98 Å². The van der Waals surface area contributed by atoms with E-state index < -0.39 is 29.8 Å². The fourth-order valence-corrected chi connectivity index (χ4v) is 3.19. The number of aromatic amines is 1. The van der Waals surface area contributed by atoms with Crippen molar-refractivity contribution in [2.24, 2.45) is 0 Å². The Kier molecular flexibility index (Phi) is 4.31. The maximum atomic E-state index is 13.3. The van der Waals surface area contributed by atoms with Crippen molar-refractivity contribution < 1.29 is 23.1 Å². The van der Waals surface area contributed by atoms with Gasteiger partial charge in [0, 0.05) is 12.7 Å². The number of aliphatic hydroxyl groups is 1. The lowest BCUT2D eigenvalue weighted by Gasteiger charge is -2.26. The predicted molar refractivity (Wildman–Crippen MR) is 81.6 cm³/mol. The van der Waals surface area contributed by atoms with Crippen molar-refractivity contribution in [2.75, 3.05) is 6.54 Å². The third-order valence-corrected chi connectivity index (χ3v) is 4.26. The third kappa shape index (κ3) is 3.14. The van der Waals surface area contributed by atoms with Crippen molar-refractivity contribution in [3.05, 3.63) is 58.4 Å². The van der Waals surface area contributed by atoms with Crippen LogP contribution in [0.4, 0.5) is 13.2 Å². The summed E-state index contributed by atoms with van der Waals surface area (Å²) >= 11 is 5.78. The Hall–Kier alpha value is -1.99. The number of hydrogen-bond donors (Lipinski definition) is 2. The second-order valence-electron chi connectivity index (χ2n) is 5.68. The van der Waals surface area contributed by atoms with Crippen molar-refractivity contribution in [1.29, 1.82) is 0 Å². The zero-order valence-corrected chi connectivity index (χ0v) is 13.1. The van der Waals surface area contributed by atoms with E-state index in [1.165, 1.54) is 35.4 Å². The molecule has 2 N–H and O–H groups in total. The van der Waals surface area contributed by atoms with Gasteiger partial charge in [-0.2, -0.15) is 13.2 Å². The standard InChI is InChI=1S/C16H14ClF3N2O2/c17-9-5-13(21-7-9)15(24)22-8-10(23)6-14(22)11-3-1-2-4-12(11)16(18,19)20/h1-5,7,10,14,21,23H,6,8H2/t10-,14+/m0/s1. The first kappa shape index (κ1) is 16.9. The highest BCUT2D eigenvalue weighted by molar-refractivity contribution is 6.30. The number of halogens is 4. The van der Waals surface area contributed by atoms with Crippen LogP contribution in [0.25, 0.3) is 0 Å². The molecule has 2 heterocycles. The van der Waals surface area contributed by atoms with Gasteiger partial charge in [-0.3, -0.25) is 4.79 Å². The minimum Gasteiger partial charge on any atom is -0.391 e. The second-order valence-corrected chi connectivity index (χ2v) is 6.12. The molecule has 1 aliphatic heterocycles. The molecule has 2 aromatic rings. The molecule has 2 atom stereocenters. The van der Waals surface area contributed by atoms with Gasteiger partial charge in [0.1, 0.15) is 5.69 Å². The number of β-amino-alcohol motifs (C(OH)–C–C–N with tert-alkyl or cyclic N) is 1. The fraction of sp³-hybridized carbons (Fsp3) is 0.312. The molecule has 4 nitrogen and oxygen atoms in total.